The summed E-state index contributed by atoms with van der Waals surface area (Å²) in [5, 5.41) is 30.3. The molecular weight excluding hydrogens is 409 g/mol. The van der Waals surface area contributed by atoms with Crippen molar-refractivity contribution < 1.29 is 46.3 Å². The zero-order chi connectivity index (χ0) is 10.8. The van der Waals surface area contributed by atoms with E-state index in [0.29, 0.717) is 0 Å². The molecule has 0 heterocycles. The molecule has 0 bridgehead atoms. The first-order chi connectivity index (χ1) is 5.66. The van der Waals surface area contributed by atoms with Crippen LogP contribution in [-0.2, 0) is 25.8 Å². The van der Waals surface area contributed by atoms with Crippen LogP contribution in [0.5, 0.6) is 0 Å². The molecule has 4 N–H and O–H groups in total. The number of rotatable bonds is 0. The molecule has 0 saturated carbocycles. The van der Waals surface area contributed by atoms with Crippen molar-refractivity contribution in [2.75, 3.05) is 26.4 Å². The van der Waals surface area contributed by atoms with Gasteiger partial charge in [0.2, 0.25) is 0 Å². The fraction of sp³-hybridized carbons (Fsp3) is 1.00. The smallest absolute Gasteiger partial charge is 0.0402 e. The molecule has 0 aliphatic heterocycles. The van der Waals surface area contributed by atoms with E-state index >= 15 is 0 Å². The molecule has 0 amide bonds. The second kappa shape index (κ2) is 112. The van der Waals surface area contributed by atoms with Crippen LogP contribution >= 0.6 is 24.8 Å². The summed E-state index contributed by atoms with van der Waals surface area (Å²) in [6.45, 7) is 7.72. The third-order valence-corrected chi connectivity index (χ3v) is 0. The summed E-state index contributed by atoms with van der Waals surface area (Å²) < 4.78 is 0. The van der Waals surface area contributed by atoms with Crippen molar-refractivity contribution in [1.29, 1.82) is 0 Å². The zero-order valence-corrected chi connectivity index (χ0v) is 15.2. The summed E-state index contributed by atoms with van der Waals surface area (Å²) in [6, 6.07) is 0. The molecule has 0 radical (unpaired) electrons. The van der Waals surface area contributed by atoms with Gasteiger partial charge in [-0.05, 0) is 27.7 Å². The van der Waals surface area contributed by atoms with Gasteiger partial charge in [-0.1, -0.05) is 0 Å². The Morgan fingerprint density at radius 2 is 0.533 bits per heavy atom. The molecule has 0 saturated heterocycles. The fourth-order valence-electron chi connectivity index (χ4n) is 0. The summed E-state index contributed by atoms with van der Waals surface area (Å²) in [7, 11) is 0. The molecule has 0 unspecified atom stereocenters. The second-order valence-corrected chi connectivity index (χ2v) is 1.26. The molecule has 0 aromatic heterocycles. The number of hydrogen-bond donors (Lipinski definition) is 4. The van der Waals surface area contributed by atoms with E-state index in [4.69, 9.17) is 20.4 Å². The summed E-state index contributed by atoms with van der Waals surface area (Å²) >= 11 is 0. The molecular formula is C8H26Cl2HfO4. The van der Waals surface area contributed by atoms with Gasteiger partial charge < -0.3 is 20.4 Å². The van der Waals surface area contributed by atoms with Crippen LogP contribution in [0.25, 0.3) is 0 Å². The molecule has 7 heteroatoms. The van der Waals surface area contributed by atoms with Gasteiger partial charge in [-0.25, -0.2) is 0 Å². The van der Waals surface area contributed by atoms with E-state index in [1.807, 2.05) is 0 Å². The van der Waals surface area contributed by atoms with Gasteiger partial charge in [-0.15, -0.1) is 24.8 Å². The second-order valence-electron chi connectivity index (χ2n) is 1.26. The van der Waals surface area contributed by atoms with Crippen molar-refractivity contribution in [1.82, 2.24) is 0 Å². The van der Waals surface area contributed by atoms with Gasteiger partial charge in [-0.3, -0.25) is 0 Å². The SMILES string of the molecule is CCO.CCO.CCO.CCO.Cl.Cl.[Hf]. The van der Waals surface area contributed by atoms with Gasteiger partial charge in [0.05, 0.1) is 0 Å². The standard InChI is InChI=1S/4C2H6O.2ClH.Hf/c4*1-2-3;;;/h4*3H,2H2,1H3;2*1H;. The van der Waals surface area contributed by atoms with Gasteiger partial charge in [0.1, 0.15) is 0 Å². The Kier molecular flexibility index (Phi) is 328. The molecule has 4 nitrogen and oxygen atoms in total. The van der Waals surface area contributed by atoms with Crippen molar-refractivity contribution in [3.63, 3.8) is 0 Å². The van der Waals surface area contributed by atoms with Gasteiger partial charge in [0, 0.05) is 52.3 Å². The van der Waals surface area contributed by atoms with E-state index in [1.54, 1.807) is 27.7 Å². The molecule has 0 aromatic carbocycles. The molecule has 0 aliphatic carbocycles. The van der Waals surface area contributed by atoms with Crippen molar-refractivity contribution in [3.8, 4) is 0 Å². The Labute approximate surface area is 125 Å². The van der Waals surface area contributed by atoms with E-state index in [-0.39, 0.29) is 77.1 Å². The maximum Gasteiger partial charge on any atom is 0.0402 e. The normalized spacial score (nSPS) is 4.80. The van der Waals surface area contributed by atoms with Crippen LogP contribution in [0.15, 0.2) is 0 Å². The van der Waals surface area contributed by atoms with E-state index in [9.17, 15) is 0 Å². The summed E-state index contributed by atoms with van der Waals surface area (Å²) in [5.74, 6) is 0. The van der Waals surface area contributed by atoms with Gasteiger partial charge >= 0.3 is 0 Å². The maximum absolute atomic E-state index is 7.57. The Morgan fingerprint density at radius 1 is 0.533 bits per heavy atom. The predicted molar refractivity (Wildman–Crippen MR) is 65.5 cm³/mol. The van der Waals surface area contributed by atoms with Crippen LogP contribution < -0.4 is 0 Å². The number of aliphatic hydroxyl groups excluding tert-OH is 4. The molecule has 0 spiro atoms. The largest absolute Gasteiger partial charge is 0.397 e. The first-order valence-electron chi connectivity index (χ1n) is 4.09. The van der Waals surface area contributed by atoms with Crippen molar-refractivity contribution in [2.45, 2.75) is 27.7 Å². The molecule has 100 valence electrons. The van der Waals surface area contributed by atoms with Crippen LogP contribution in [0.3, 0.4) is 0 Å². The fourth-order valence-corrected chi connectivity index (χ4v) is 0. The first-order valence-corrected chi connectivity index (χ1v) is 4.09. The van der Waals surface area contributed by atoms with Gasteiger partial charge in [0.25, 0.3) is 0 Å². The first kappa shape index (κ1) is 44.1. The average Bonchev–Trinajstić information content (AvgIpc) is 1.92. The quantitative estimate of drug-likeness (QED) is 0.425. The Hall–Kier alpha value is 1.29. The summed E-state index contributed by atoms with van der Waals surface area (Å²) in [5.41, 5.74) is 0. The minimum absolute atomic E-state index is 0. The maximum atomic E-state index is 7.57. The molecule has 0 atom stereocenters. The van der Waals surface area contributed by atoms with Crippen molar-refractivity contribution in [2.24, 2.45) is 0 Å². The zero-order valence-electron chi connectivity index (χ0n) is 9.93. The van der Waals surface area contributed by atoms with Gasteiger partial charge in [-0.2, -0.15) is 0 Å². The Morgan fingerprint density at radius 3 is 0.533 bits per heavy atom. The molecule has 15 heavy (non-hydrogen) atoms. The minimum atomic E-state index is 0. The summed E-state index contributed by atoms with van der Waals surface area (Å²) in [4.78, 5) is 0. The number of aliphatic hydroxyl groups is 4. The van der Waals surface area contributed by atoms with E-state index in [1.165, 1.54) is 0 Å². The molecule has 0 rings (SSSR count). The average molecular weight is 436 g/mol. The van der Waals surface area contributed by atoms with Crippen LogP contribution in [-0.4, -0.2) is 46.9 Å². The van der Waals surface area contributed by atoms with Gasteiger partial charge in [0.15, 0.2) is 0 Å². The topological polar surface area (TPSA) is 80.9 Å². The molecule has 0 aliphatic rings. The van der Waals surface area contributed by atoms with Crippen LogP contribution in [0.4, 0.5) is 0 Å². The molecule has 0 fully saturated rings. The molecule has 0 aromatic rings. The van der Waals surface area contributed by atoms with Crippen molar-refractivity contribution in [3.05, 3.63) is 0 Å². The van der Waals surface area contributed by atoms with E-state index in [2.05, 4.69) is 0 Å². The van der Waals surface area contributed by atoms with Crippen molar-refractivity contribution >= 4 is 24.8 Å². The van der Waals surface area contributed by atoms with E-state index in [0.717, 1.165) is 0 Å². The van der Waals surface area contributed by atoms with Crippen LogP contribution in [0, 0.1) is 0 Å². The minimum Gasteiger partial charge on any atom is -0.397 e. The number of halogens is 2. The van der Waals surface area contributed by atoms with E-state index < -0.39 is 0 Å². The number of hydrogen-bond acceptors (Lipinski definition) is 4. The third-order valence-electron chi connectivity index (χ3n) is 0. The Bertz CT molecular complexity index is 32.6. The third kappa shape index (κ3) is 1620. The Balaban J connectivity index is -0.0000000107. The summed E-state index contributed by atoms with van der Waals surface area (Å²) in [6.07, 6.45) is 0. The van der Waals surface area contributed by atoms with Crippen LogP contribution in [0.2, 0.25) is 0 Å². The van der Waals surface area contributed by atoms with Crippen LogP contribution in [0.1, 0.15) is 27.7 Å². The predicted octanol–water partition coefficient (Wildman–Crippen LogP) is 0.835. The monoisotopic (exact) mass is 436 g/mol.